The van der Waals surface area contributed by atoms with Gasteiger partial charge in [0.1, 0.15) is 11.6 Å². The van der Waals surface area contributed by atoms with Crippen LogP contribution < -0.4 is 10.1 Å². The number of carbonyl (C=O) groups excluding carboxylic acids is 1. The molecule has 4 aromatic rings. The number of carbonyl (C=O) groups is 1. The molecule has 1 saturated carbocycles. The van der Waals surface area contributed by atoms with Crippen molar-refractivity contribution in [2.45, 2.75) is 45.4 Å². The van der Waals surface area contributed by atoms with Crippen molar-refractivity contribution in [2.75, 3.05) is 5.32 Å². The van der Waals surface area contributed by atoms with Crippen molar-refractivity contribution < 1.29 is 9.53 Å². The average Bonchev–Trinajstić information content (AvgIpc) is 3.26. The molecule has 0 aliphatic heterocycles. The fourth-order valence-electron chi connectivity index (χ4n) is 4.24. The number of nitrogens with zero attached hydrogens (tertiary/aromatic N) is 4. The number of amides is 1. The summed E-state index contributed by atoms with van der Waals surface area (Å²) in [5.74, 6) is 2.13. The lowest BCUT2D eigenvalue weighted by Crippen LogP contribution is -2.24. The molecule has 1 fully saturated rings. The number of benzene rings is 2. The van der Waals surface area contributed by atoms with E-state index >= 15 is 0 Å². The lowest BCUT2D eigenvalue weighted by molar-refractivity contribution is -0.120. The van der Waals surface area contributed by atoms with E-state index in [1.807, 2.05) is 59.9 Å². The summed E-state index contributed by atoms with van der Waals surface area (Å²) >= 11 is 0. The van der Waals surface area contributed by atoms with Crippen molar-refractivity contribution >= 4 is 28.3 Å². The molecular weight excluding hydrogens is 390 g/mol. The molecule has 5 rings (SSSR count). The Balaban J connectivity index is 1.39. The average molecular weight is 415 g/mol. The summed E-state index contributed by atoms with van der Waals surface area (Å²) in [4.78, 5) is 17.1. The number of ether oxygens (including phenoxy) is 1. The second-order valence-electron chi connectivity index (χ2n) is 7.99. The predicted octanol–water partition coefficient (Wildman–Crippen LogP) is 5.15. The Kier molecular flexibility index (Phi) is 5.24. The summed E-state index contributed by atoms with van der Waals surface area (Å²) in [5.41, 5.74) is 3.13. The number of hydrogen-bond donors (Lipinski definition) is 1. The largest absolute Gasteiger partial charge is 0.436 e. The molecule has 0 saturated heterocycles. The number of anilines is 1. The second kappa shape index (κ2) is 8.34. The van der Waals surface area contributed by atoms with Crippen LogP contribution >= 0.6 is 0 Å². The third-order valence-electron chi connectivity index (χ3n) is 5.89. The normalized spacial score (nSPS) is 14.7. The van der Waals surface area contributed by atoms with Crippen LogP contribution in [0.25, 0.3) is 16.7 Å². The van der Waals surface area contributed by atoms with Crippen molar-refractivity contribution in [3.05, 3.63) is 54.4 Å². The molecule has 0 atom stereocenters. The molecule has 2 aromatic carbocycles. The Bertz CT molecular complexity index is 1230. The van der Waals surface area contributed by atoms with Gasteiger partial charge in [0.2, 0.25) is 11.6 Å². The van der Waals surface area contributed by atoms with Crippen LogP contribution in [0.3, 0.4) is 0 Å². The van der Waals surface area contributed by atoms with Crippen LogP contribution in [-0.2, 0) is 11.2 Å². The topological polar surface area (TPSA) is 81.4 Å². The van der Waals surface area contributed by atoms with E-state index in [1.54, 1.807) is 0 Å². The van der Waals surface area contributed by atoms with Crippen LogP contribution in [0.15, 0.2) is 48.5 Å². The molecule has 2 heterocycles. The Labute approximate surface area is 180 Å². The van der Waals surface area contributed by atoms with Gasteiger partial charge in [0.15, 0.2) is 0 Å². The summed E-state index contributed by atoms with van der Waals surface area (Å²) in [7, 11) is 0. The highest BCUT2D eigenvalue weighted by molar-refractivity contribution is 5.92. The number of aromatic nitrogens is 4. The maximum absolute atomic E-state index is 12.5. The summed E-state index contributed by atoms with van der Waals surface area (Å²) in [6, 6.07) is 15.3. The maximum Gasteiger partial charge on any atom is 0.266 e. The van der Waals surface area contributed by atoms with Gasteiger partial charge in [-0.3, -0.25) is 9.20 Å². The van der Waals surface area contributed by atoms with Crippen LogP contribution in [0.5, 0.6) is 11.6 Å². The zero-order valence-electron chi connectivity index (χ0n) is 17.5. The number of aryl methyl sites for hydroxylation is 1. The Hall–Kier alpha value is -3.48. The maximum atomic E-state index is 12.5. The number of fused-ring (bicyclic) bond motifs is 3. The van der Waals surface area contributed by atoms with Crippen molar-refractivity contribution in [1.29, 1.82) is 0 Å². The number of para-hydroxylation sites is 2. The van der Waals surface area contributed by atoms with Crippen molar-refractivity contribution in [3.63, 3.8) is 0 Å². The molecule has 7 heteroatoms. The summed E-state index contributed by atoms with van der Waals surface area (Å²) in [6.45, 7) is 2.05. The third-order valence-corrected chi connectivity index (χ3v) is 5.89. The first kappa shape index (κ1) is 19.5. The van der Waals surface area contributed by atoms with E-state index in [2.05, 4.69) is 20.5 Å². The highest BCUT2D eigenvalue weighted by Crippen LogP contribution is 2.29. The first-order valence-electron chi connectivity index (χ1n) is 10.9. The molecule has 158 valence electrons. The number of rotatable bonds is 5. The molecule has 1 N–H and O–H groups in total. The fraction of sp³-hybridized carbons (Fsp3) is 0.333. The molecule has 1 aliphatic rings. The molecule has 0 radical (unpaired) electrons. The highest BCUT2D eigenvalue weighted by Gasteiger charge is 2.21. The molecule has 0 spiro atoms. The molecular formula is C24H25N5O2. The molecule has 0 unspecified atom stereocenters. The van der Waals surface area contributed by atoms with Crippen LogP contribution in [0, 0.1) is 5.92 Å². The van der Waals surface area contributed by atoms with Crippen molar-refractivity contribution in [1.82, 2.24) is 19.6 Å². The lowest BCUT2D eigenvalue weighted by atomic mass is 9.88. The van der Waals surface area contributed by atoms with Gasteiger partial charge in [-0.15, -0.1) is 10.2 Å². The zero-order chi connectivity index (χ0) is 21.2. The van der Waals surface area contributed by atoms with Gasteiger partial charge in [-0.25, -0.2) is 4.98 Å². The van der Waals surface area contributed by atoms with Gasteiger partial charge >= 0.3 is 0 Å². The quantitative estimate of drug-likeness (QED) is 0.487. The molecule has 1 amide bonds. The molecule has 2 aromatic heterocycles. The summed E-state index contributed by atoms with van der Waals surface area (Å²) in [6.07, 6.45) is 6.23. The molecule has 7 nitrogen and oxygen atoms in total. The minimum absolute atomic E-state index is 0.113. The minimum atomic E-state index is 0.113. The zero-order valence-corrected chi connectivity index (χ0v) is 17.5. The van der Waals surface area contributed by atoms with E-state index < -0.39 is 0 Å². The Morgan fingerprint density at radius 3 is 2.61 bits per heavy atom. The van der Waals surface area contributed by atoms with Crippen LogP contribution in [0.2, 0.25) is 0 Å². The Morgan fingerprint density at radius 1 is 1.06 bits per heavy atom. The van der Waals surface area contributed by atoms with Gasteiger partial charge in [-0.2, -0.15) is 0 Å². The van der Waals surface area contributed by atoms with Crippen molar-refractivity contribution in [2.24, 2.45) is 5.92 Å². The standard InChI is InChI=1S/C24H25N5O2/c1-2-21-27-28-22-24(26-19-10-6-7-11-20(19)29(21)22)31-18-14-12-17(13-15-18)25-23(30)16-8-4-3-5-9-16/h6-7,10-16H,2-5,8-9H2,1H3,(H,25,30). The van der Waals surface area contributed by atoms with E-state index in [0.717, 1.165) is 54.6 Å². The molecule has 31 heavy (non-hydrogen) atoms. The van der Waals surface area contributed by atoms with Crippen LogP contribution in [0.4, 0.5) is 5.69 Å². The van der Waals surface area contributed by atoms with Crippen LogP contribution in [0.1, 0.15) is 44.9 Å². The van der Waals surface area contributed by atoms with E-state index in [4.69, 9.17) is 4.74 Å². The second-order valence-corrected chi connectivity index (χ2v) is 7.99. The number of nitrogens with one attached hydrogen (secondary N) is 1. The van der Waals surface area contributed by atoms with Gasteiger partial charge in [-0.1, -0.05) is 38.3 Å². The fourth-order valence-corrected chi connectivity index (χ4v) is 4.24. The van der Waals surface area contributed by atoms with E-state index in [-0.39, 0.29) is 11.8 Å². The summed E-state index contributed by atoms with van der Waals surface area (Å²) in [5, 5.41) is 11.6. The predicted molar refractivity (Wildman–Crippen MR) is 119 cm³/mol. The van der Waals surface area contributed by atoms with Gasteiger partial charge in [0, 0.05) is 18.0 Å². The number of hydrogen-bond acceptors (Lipinski definition) is 5. The van der Waals surface area contributed by atoms with E-state index in [0.29, 0.717) is 17.3 Å². The summed E-state index contributed by atoms with van der Waals surface area (Å²) < 4.78 is 8.08. The smallest absolute Gasteiger partial charge is 0.266 e. The first-order chi connectivity index (χ1) is 15.2. The van der Waals surface area contributed by atoms with Gasteiger partial charge in [0.05, 0.1) is 11.0 Å². The molecule has 0 bridgehead atoms. The minimum Gasteiger partial charge on any atom is -0.436 e. The van der Waals surface area contributed by atoms with Gasteiger partial charge in [-0.05, 0) is 49.2 Å². The molecule has 1 aliphatic carbocycles. The SMILES string of the molecule is CCc1nnc2c(Oc3ccc(NC(=O)C4CCCCC4)cc3)nc3ccccc3n12. The monoisotopic (exact) mass is 415 g/mol. The van der Waals surface area contributed by atoms with E-state index in [9.17, 15) is 4.79 Å². The lowest BCUT2D eigenvalue weighted by Gasteiger charge is -2.20. The first-order valence-corrected chi connectivity index (χ1v) is 10.9. The van der Waals surface area contributed by atoms with E-state index in [1.165, 1.54) is 6.42 Å². The van der Waals surface area contributed by atoms with Crippen LogP contribution in [-0.4, -0.2) is 25.5 Å². The van der Waals surface area contributed by atoms with Gasteiger partial charge in [0.25, 0.3) is 5.88 Å². The third kappa shape index (κ3) is 3.83. The highest BCUT2D eigenvalue weighted by atomic mass is 16.5. The Morgan fingerprint density at radius 2 is 1.84 bits per heavy atom. The van der Waals surface area contributed by atoms with Crippen molar-refractivity contribution in [3.8, 4) is 11.6 Å². The van der Waals surface area contributed by atoms with Gasteiger partial charge < -0.3 is 10.1 Å².